The van der Waals surface area contributed by atoms with Gasteiger partial charge in [-0.2, -0.15) is 0 Å². The molecule has 2 nitrogen and oxygen atoms in total. The van der Waals surface area contributed by atoms with Crippen LogP contribution in [0.3, 0.4) is 0 Å². The zero-order valence-electron chi connectivity index (χ0n) is 11.0. The normalized spacial score (nSPS) is 25.2. The van der Waals surface area contributed by atoms with E-state index in [9.17, 15) is 13.0 Å². The van der Waals surface area contributed by atoms with E-state index < -0.39 is 22.4 Å². The van der Waals surface area contributed by atoms with Gasteiger partial charge in [0.05, 0.1) is 15.7 Å². The van der Waals surface area contributed by atoms with Gasteiger partial charge in [0.25, 0.3) is 0 Å². The quantitative estimate of drug-likeness (QED) is 0.922. The minimum absolute atomic E-state index is 0.0437. The number of rotatable bonds is 4. The molecule has 106 valence electrons. The maximum absolute atomic E-state index is 13.7. The van der Waals surface area contributed by atoms with Crippen LogP contribution in [0, 0.1) is 11.6 Å². The van der Waals surface area contributed by atoms with Crippen molar-refractivity contribution < 1.29 is 13.0 Å². The summed E-state index contributed by atoms with van der Waals surface area (Å²) in [5.41, 5.74) is 0. The Morgan fingerprint density at radius 2 is 2.16 bits per heavy atom. The molecule has 3 unspecified atom stereocenters. The highest BCUT2D eigenvalue weighted by atomic mass is 32.2. The van der Waals surface area contributed by atoms with Gasteiger partial charge < -0.3 is 5.32 Å². The minimum Gasteiger partial charge on any atom is -0.314 e. The number of benzene rings is 1. The van der Waals surface area contributed by atoms with Gasteiger partial charge in [-0.25, -0.2) is 8.78 Å². The van der Waals surface area contributed by atoms with Crippen LogP contribution in [0.2, 0.25) is 0 Å². The van der Waals surface area contributed by atoms with E-state index in [0.717, 1.165) is 38.3 Å². The summed E-state index contributed by atoms with van der Waals surface area (Å²) in [5, 5.41) is 3.31. The van der Waals surface area contributed by atoms with Gasteiger partial charge in [0.1, 0.15) is 11.6 Å². The van der Waals surface area contributed by atoms with Crippen molar-refractivity contribution in [3.05, 3.63) is 29.8 Å². The van der Waals surface area contributed by atoms with Crippen molar-refractivity contribution in [2.24, 2.45) is 0 Å². The highest BCUT2D eigenvalue weighted by Gasteiger charge is 2.28. The van der Waals surface area contributed by atoms with Crippen molar-refractivity contribution in [1.29, 1.82) is 0 Å². The van der Waals surface area contributed by atoms with Crippen molar-refractivity contribution in [2.75, 3.05) is 6.54 Å². The summed E-state index contributed by atoms with van der Waals surface area (Å²) in [4.78, 5) is 0.128. The molecule has 0 saturated heterocycles. The summed E-state index contributed by atoms with van der Waals surface area (Å²) in [5.74, 6) is -1.34. The third-order valence-electron chi connectivity index (χ3n) is 3.53. The maximum Gasteiger partial charge on any atom is 0.142 e. The SMILES string of the molecule is CCNC1CCCC(S(=O)c2ccc(F)cc2F)C1. The zero-order valence-corrected chi connectivity index (χ0v) is 11.8. The van der Waals surface area contributed by atoms with Crippen molar-refractivity contribution in [3.8, 4) is 0 Å². The van der Waals surface area contributed by atoms with Crippen LogP contribution >= 0.6 is 0 Å². The first kappa shape index (κ1) is 14.6. The van der Waals surface area contributed by atoms with E-state index >= 15 is 0 Å². The van der Waals surface area contributed by atoms with E-state index in [1.807, 2.05) is 6.92 Å². The molecule has 1 aliphatic carbocycles. The van der Waals surface area contributed by atoms with Gasteiger partial charge in [-0.1, -0.05) is 13.3 Å². The maximum atomic E-state index is 13.7. The molecule has 0 bridgehead atoms. The van der Waals surface area contributed by atoms with Gasteiger partial charge in [-0.05, 0) is 37.9 Å². The highest BCUT2D eigenvalue weighted by Crippen LogP contribution is 2.27. The van der Waals surface area contributed by atoms with Crippen LogP contribution in [0.15, 0.2) is 23.1 Å². The van der Waals surface area contributed by atoms with Crippen molar-refractivity contribution >= 4 is 10.8 Å². The molecule has 0 aliphatic heterocycles. The number of hydrogen-bond donors (Lipinski definition) is 1. The van der Waals surface area contributed by atoms with Crippen molar-refractivity contribution in [3.63, 3.8) is 0 Å². The standard InChI is InChI=1S/C14H19F2NOS/c1-2-17-11-4-3-5-12(9-11)19(18)14-7-6-10(15)8-13(14)16/h6-8,11-12,17H,2-5,9H2,1H3. The lowest BCUT2D eigenvalue weighted by Crippen LogP contribution is -2.37. The first-order valence-corrected chi connectivity index (χ1v) is 7.92. The first-order valence-electron chi connectivity index (χ1n) is 6.70. The van der Waals surface area contributed by atoms with Gasteiger partial charge in [-0.15, -0.1) is 0 Å². The molecular formula is C14H19F2NOS. The molecule has 1 aliphatic rings. The summed E-state index contributed by atoms with van der Waals surface area (Å²) >= 11 is 0. The molecule has 1 aromatic rings. The molecule has 3 atom stereocenters. The third-order valence-corrected chi connectivity index (χ3v) is 5.33. The van der Waals surface area contributed by atoms with Gasteiger partial charge in [-0.3, -0.25) is 4.21 Å². The Hall–Kier alpha value is -0.810. The second kappa shape index (κ2) is 6.57. The Morgan fingerprint density at radius 3 is 2.84 bits per heavy atom. The summed E-state index contributed by atoms with van der Waals surface area (Å²) in [6, 6.07) is 3.63. The van der Waals surface area contributed by atoms with E-state index in [2.05, 4.69) is 5.32 Å². The molecule has 5 heteroatoms. The summed E-state index contributed by atoms with van der Waals surface area (Å²) in [6.45, 7) is 2.93. The lowest BCUT2D eigenvalue weighted by Gasteiger charge is -2.29. The lowest BCUT2D eigenvalue weighted by molar-refractivity contribution is 0.383. The fraction of sp³-hybridized carbons (Fsp3) is 0.571. The van der Waals surface area contributed by atoms with Gasteiger partial charge in [0.15, 0.2) is 0 Å². The van der Waals surface area contributed by atoms with Crippen LogP contribution in [0.5, 0.6) is 0 Å². The predicted octanol–water partition coefficient (Wildman–Crippen LogP) is 2.99. The lowest BCUT2D eigenvalue weighted by atomic mass is 9.95. The summed E-state index contributed by atoms with van der Waals surface area (Å²) in [7, 11) is -1.40. The number of hydrogen-bond acceptors (Lipinski definition) is 2. The largest absolute Gasteiger partial charge is 0.314 e. The van der Waals surface area contributed by atoms with Crippen LogP contribution in [-0.4, -0.2) is 22.0 Å². The van der Waals surface area contributed by atoms with Crippen LogP contribution in [0.1, 0.15) is 32.6 Å². The topological polar surface area (TPSA) is 29.1 Å². The molecule has 0 radical (unpaired) electrons. The van der Waals surface area contributed by atoms with Crippen molar-refractivity contribution in [2.45, 2.75) is 48.8 Å². The van der Waals surface area contributed by atoms with Gasteiger partial charge in [0.2, 0.25) is 0 Å². The molecule has 0 spiro atoms. The average molecular weight is 287 g/mol. The third kappa shape index (κ3) is 3.60. The molecule has 1 aromatic carbocycles. The highest BCUT2D eigenvalue weighted by molar-refractivity contribution is 7.85. The van der Waals surface area contributed by atoms with Gasteiger partial charge in [0, 0.05) is 17.4 Å². The zero-order chi connectivity index (χ0) is 13.8. The van der Waals surface area contributed by atoms with E-state index in [4.69, 9.17) is 0 Å². The molecule has 2 rings (SSSR count). The van der Waals surface area contributed by atoms with E-state index in [1.54, 1.807) is 0 Å². The fourth-order valence-electron chi connectivity index (χ4n) is 2.63. The Balaban J connectivity index is 2.10. The van der Waals surface area contributed by atoms with E-state index in [-0.39, 0.29) is 10.1 Å². The minimum atomic E-state index is -1.40. The molecule has 1 N–H and O–H groups in total. The van der Waals surface area contributed by atoms with Crippen LogP contribution in [-0.2, 0) is 10.8 Å². The van der Waals surface area contributed by atoms with E-state index in [1.165, 1.54) is 12.1 Å². The average Bonchev–Trinajstić information content (AvgIpc) is 2.39. The summed E-state index contributed by atoms with van der Waals surface area (Å²) < 4.78 is 38.9. The van der Waals surface area contributed by atoms with Crippen LogP contribution < -0.4 is 5.32 Å². The predicted molar refractivity (Wildman–Crippen MR) is 72.5 cm³/mol. The summed E-state index contributed by atoms with van der Waals surface area (Å²) in [6.07, 6.45) is 3.70. The molecule has 0 aromatic heterocycles. The fourth-order valence-corrected chi connectivity index (χ4v) is 4.23. The van der Waals surface area contributed by atoms with E-state index in [0.29, 0.717) is 6.04 Å². The van der Waals surface area contributed by atoms with Gasteiger partial charge >= 0.3 is 0 Å². The molecule has 0 amide bonds. The Morgan fingerprint density at radius 1 is 1.37 bits per heavy atom. The Bertz CT molecular complexity index is 465. The van der Waals surface area contributed by atoms with Crippen LogP contribution in [0.4, 0.5) is 8.78 Å². The smallest absolute Gasteiger partial charge is 0.142 e. The second-order valence-electron chi connectivity index (χ2n) is 4.92. The molecule has 1 saturated carbocycles. The second-order valence-corrected chi connectivity index (χ2v) is 6.62. The van der Waals surface area contributed by atoms with Crippen LogP contribution in [0.25, 0.3) is 0 Å². The Kier molecular flexibility index (Phi) is 5.05. The first-order chi connectivity index (χ1) is 9.11. The Labute approximate surface area is 115 Å². The molecular weight excluding hydrogens is 268 g/mol. The molecule has 19 heavy (non-hydrogen) atoms. The number of nitrogens with one attached hydrogen (secondary N) is 1. The monoisotopic (exact) mass is 287 g/mol. The van der Waals surface area contributed by atoms with Crippen molar-refractivity contribution in [1.82, 2.24) is 5.32 Å². The molecule has 0 heterocycles. The molecule has 1 fully saturated rings. The number of halogens is 2.